The van der Waals surface area contributed by atoms with E-state index in [1.165, 1.54) is 11.1 Å². The number of benzene rings is 1. The molecule has 2 N–H and O–H groups in total. The smallest absolute Gasteiger partial charge is 0.0640 e. The van der Waals surface area contributed by atoms with Crippen molar-refractivity contribution >= 4 is 5.69 Å². The van der Waals surface area contributed by atoms with Gasteiger partial charge in [-0.1, -0.05) is 17.7 Å². The number of aliphatic hydroxyl groups excluding tert-OH is 1. The Bertz CT molecular complexity index is 520. The second kappa shape index (κ2) is 5.69. The van der Waals surface area contributed by atoms with Gasteiger partial charge in [0.15, 0.2) is 0 Å². The molecule has 4 nitrogen and oxygen atoms in total. The second-order valence-electron chi connectivity index (χ2n) is 4.51. The number of aliphatic hydroxyl groups is 1. The van der Waals surface area contributed by atoms with Crippen LogP contribution in [0.5, 0.6) is 0 Å². The summed E-state index contributed by atoms with van der Waals surface area (Å²) >= 11 is 0. The molecule has 18 heavy (non-hydrogen) atoms. The van der Waals surface area contributed by atoms with Gasteiger partial charge in [0.2, 0.25) is 0 Å². The Morgan fingerprint density at radius 3 is 2.89 bits per heavy atom. The first kappa shape index (κ1) is 12.6. The molecule has 0 fully saturated rings. The summed E-state index contributed by atoms with van der Waals surface area (Å²) in [6.07, 6.45) is 3.78. The van der Waals surface area contributed by atoms with Crippen LogP contribution in [0.1, 0.15) is 16.7 Å². The predicted molar refractivity (Wildman–Crippen MR) is 72.6 cm³/mol. The number of hydrogen-bond acceptors (Lipinski definition) is 3. The molecule has 1 aromatic carbocycles. The van der Waals surface area contributed by atoms with Crippen LogP contribution in [-0.2, 0) is 13.1 Å². The molecule has 0 aliphatic rings. The summed E-state index contributed by atoms with van der Waals surface area (Å²) in [5.41, 5.74) is 4.78. The van der Waals surface area contributed by atoms with E-state index in [2.05, 4.69) is 42.5 Å². The fourth-order valence-corrected chi connectivity index (χ4v) is 1.93. The van der Waals surface area contributed by atoms with Crippen LogP contribution in [0, 0.1) is 13.8 Å². The molecule has 0 aliphatic heterocycles. The molecule has 2 rings (SSSR count). The van der Waals surface area contributed by atoms with Gasteiger partial charge in [0.1, 0.15) is 0 Å². The van der Waals surface area contributed by atoms with Gasteiger partial charge >= 0.3 is 0 Å². The van der Waals surface area contributed by atoms with Crippen LogP contribution in [0.15, 0.2) is 30.6 Å². The average molecular weight is 245 g/mol. The van der Waals surface area contributed by atoms with E-state index < -0.39 is 0 Å². The molecule has 0 radical (unpaired) electrons. The van der Waals surface area contributed by atoms with Crippen molar-refractivity contribution in [1.82, 2.24) is 9.78 Å². The Labute approximate surface area is 107 Å². The van der Waals surface area contributed by atoms with E-state index in [0.717, 1.165) is 17.8 Å². The number of aryl methyl sites for hydroxylation is 2. The molecule has 0 amide bonds. The van der Waals surface area contributed by atoms with E-state index in [9.17, 15) is 0 Å². The van der Waals surface area contributed by atoms with Crippen molar-refractivity contribution in [3.63, 3.8) is 0 Å². The quantitative estimate of drug-likeness (QED) is 0.848. The SMILES string of the molecule is Cc1ccc(NCc2cnn(CCO)c2)c(C)c1. The molecular weight excluding hydrogens is 226 g/mol. The van der Waals surface area contributed by atoms with Gasteiger partial charge in [-0.3, -0.25) is 4.68 Å². The van der Waals surface area contributed by atoms with E-state index >= 15 is 0 Å². The molecule has 0 spiro atoms. The Balaban J connectivity index is 1.97. The number of hydrogen-bond donors (Lipinski definition) is 2. The average Bonchev–Trinajstić information content (AvgIpc) is 2.76. The highest BCUT2D eigenvalue weighted by atomic mass is 16.3. The van der Waals surface area contributed by atoms with Crippen molar-refractivity contribution in [3.05, 3.63) is 47.3 Å². The molecule has 0 bridgehead atoms. The maximum atomic E-state index is 8.82. The maximum Gasteiger partial charge on any atom is 0.0640 e. The van der Waals surface area contributed by atoms with Crippen molar-refractivity contribution < 1.29 is 5.11 Å². The molecule has 4 heteroatoms. The van der Waals surface area contributed by atoms with Crippen molar-refractivity contribution in [1.29, 1.82) is 0 Å². The fraction of sp³-hybridized carbons (Fsp3) is 0.357. The van der Waals surface area contributed by atoms with E-state index in [1.807, 2.05) is 12.4 Å². The van der Waals surface area contributed by atoms with Crippen LogP contribution in [-0.4, -0.2) is 21.5 Å². The molecule has 96 valence electrons. The van der Waals surface area contributed by atoms with Crippen LogP contribution in [0.2, 0.25) is 0 Å². The van der Waals surface area contributed by atoms with Gasteiger partial charge in [-0.2, -0.15) is 5.10 Å². The first-order valence-electron chi connectivity index (χ1n) is 6.12. The minimum atomic E-state index is 0.117. The van der Waals surface area contributed by atoms with E-state index in [-0.39, 0.29) is 6.61 Å². The summed E-state index contributed by atoms with van der Waals surface area (Å²) in [5, 5.41) is 16.4. The molecule has 2 aromatic rings. The number of rotatable bonds is 5. The van der Waals surface area contributed by atoms with Crippen molar-refractivity contribution in [3.8, 4) is 0 Å². The van der Waals surface area contributed by atoms with Gasteiger partial charge in [-0.05, 0) is 25.5 Å². The van der Waals surface area contributed by atoms with Gasteiger partial charge in [0.05, 0.1) is 19.3 Å². The van der Waals surface area contributed by atoms with Crippen LogP contribution in [0.4, 0.5) is 5.69 Å². The number of aromatic nitrogens is 2. The lowest BCUT2D eigenvalue weighted by Gasteiger charge is -2.09. The molecule has 0 saturated heterocycles. The zero-order valence-electron chi connectivity index (χ0n) is 10.8. The maximum absolute atomic E-state index is 8.82. The van der Waals surface area contributed by atoms with Crippen molar-refractivity contribution in [2.24, 2.45) is 0 Å². The van der Waals surface area contributed by atoms with Gasteiger partial charge in [0, 0.05) is 24.0 Å². The lowest BCUT2D eigenvalue weighted by atomic mass is 10.1. The number of nitrogens with zero attached hydrogens (tertiary/aromatic N) is 2. The summed E-state index contributed by atoms with van der Waals surface area (Å²) in [6.45, 7) is 5.60. The Hall–Kier alpha value is -1.81. The van der Waals surface area contributed by atoms with Gasteiger partial charge in [0.25, 0.3) is 0 Å². The summed E-state index contributed by atoms with van der Waals surface area (Å²) in [4.78, 5) is 0. The van der Waals surface area contributed by atoms with Gasteiger partial charge in [-0.25, -0.2) is 0 Å². The minimum Gasteiger partial charge on any atom is -0.394 e. The van der Waals surface area contributed by atoms with Crippen LogP contribution in [0.25, 0.3) is 0 Å². The summed E-state index contributed by atoms with van der Waals surface area (Å²) in [5.74, 6) is 0. The van der Waals surface area contributed by atoms with Gasteiger partial charge < -0.3 is 10.4 Å². The lowest BCUT2D eigenvalue weighted by Crippen LogP contribution is -2.02. The first-order valence-corrected chi connectivity index (χ1v) is 6.12. The monoisotopic (exact) mass is 245 g/mol. The van der Waals surface area contributed by atoms with Crippen molar-refractivity contribution in [2.75, 3.05) is 11.9 Å². The second-order valence-corrected chi connectivity index (χ2v) is 4.51. The largest absolute Gasteiger partial charge is 0.394 e. The van der Waals surface area contributed by atoms with Crippen LogP contribution >= 0.6 is 0 Å². The summed E-state index contributed by atoms with van der Waals surface area (Å²) < 4.78 is 1.75. The molecular formula is C14H19N3O. The molecule has 1 heterocycles. The molecule has 0 atom stereocenters. The predicted octanol–water partition coefficient (Wildman–Crippen LogP) is 2.10. The minimum absolute atomic E-state index is 0.117. The highest BCUT2D eigenvalue weighted by Gasteiger charge is 2.01. The van der Waals surface area contributed by atoms with Crippen LogP contribution in [0.3, 0.4) is 0 Å². The van der Waals surface area contributed by atoms with E-state index in [0.29, 0.717) is 6.54 Å². The van der Waals surface area contributed by atoms with E-state index in [4.69, 9.17) is 5.11 Å². The standard InChI is InChI=1S/C14H19N3O/c1-11-3-4-14(12(2)7-11)15-8-13-9-16-17(10-13)5-6-18/h3-4,7,9-10,15,18H,5-6,8H2,1-2H3. The Kier molecular flexibility index (Phi) is 3.99. The summed E-state index contributed by atoms with van der Waals surface area (Å²) in [7, 11) is 0. The number of anilines is 1. The molecule has 1 aromatic heterocycles. The molecule has 0 saturated carbocycles. The third-order valence-electron chi connectivity index (χ3n) is 2.88. The normalized spacial score (nSPS) is 10.6. The Morgan fingerprint density at radius 1 is 1.33 bits per heavy atom. The third kappa shape index (κ3) is 3.11. The summed E-state index contributed by atoms with van der Waals surface area (Å²) in [6, 6.07) is 6.37. The van der Waals surface area contributed by atoms with Gasteiger partial charge in [-0.15, -0.1) is 0 Å². The number of nitrogens with one attached hydrogen (secondary N) is 1. The zero-order chi connectivity index (χ0) is 13.0. The highest BCUT2D eigenvalue weighted by molar-refractivity contribution is 5.52. The molecule has 0 aliphatic carbocycles. The first-order chi connectivity index (χ1) is 8.69. The zero-order valence-corrected chi connectivity index (χ0v) is 10.8. The third-order valence-corrected chi connectivity index (χ3v) is 2.88. The van der Waals surface area contributed by atoms with Crippen LogP contribution < -0.4 is 5.32 Å². The van der Waals surface area contributed by atoms with Crippen molar-refractivity contribution in [2.45, 2.75) is 26.9 Å². The lowest BCUT2D eigenvalue weighted by molar-refractivity contribution is 0.269. The topological polar surface area (TPSA) is 50.1 Å². The molecule has 0 unspecified atom stereocenters. The van der Waals surface area contributed by atoms with E-state index in [1.54, 1.807) is 4.68 Å². The fourth-order valence-electron chi connectivity index (χ4n) is 1.93. The highest BCUT2D eigenvalue weighted by Crippen LogP contribution is 2.16. The Morgan fingerprint density at radius 2 is 2.17 bits per heavy atom.